The summed E-state index contributed by atoms with van der Waals surface area (Å²) in [7, 11) is 0. The van der Waals surface area contributed by atoms with Crippen molar-refractivity contribution in [2.24, 2.45) is 0 Å². The van der Waals surface area contributed by atoms with Crippen LogP contribution in [-0.4, -0.2) is 36.1 Å². The van der Waals surface area contributed by atoms with Gasteiger partial charge in [-0.3, -0.25) is 0 Å². The van der Waals surface area contributed by atoms with Crippen LogP contribution in [0.15, 0.2) is 0 Å². The van der Waals surface area contributed by atoms with Crippen molar-refractivity contribution in [1.82, 2.24) is 10.2 Å². The monoisotopic (exact) mass is 238 g/mol. The zero-order valence-electron chi connectivity index (χ0n) is 11.8. The third kappa shape index (κ3) is 4.26. The van der Waals surface area contributed by atoms with Crippen LogP contribution in [0.2, 0.25) is 0 Å². The highest BCUT2D eigenvalue weighted by Crippen LogP contribution is 2.24. The van der Waals surface area contributed by atoms with Crippen molar-refractivity contribution in [3.8, 4) is 0 Å². The van der Waals surface area contributed by atoms with Gasteiger partial charge in [-0.2, -0.15) is 0 Å². The molecule has 1 aliphatic heterocycles. The Kier molecular flexibility index (Phi) is 5.30. The average Bonchev–Trinajstić information content (AvgIpc) is 2.58. The summed E-state index contributed by atoms with van der Waals surface area (Å²) in [6, 6.07) is 2.33. The molecule has 100 valence electrons. The lowest BCUT2D eigenvalue weighted by molar-refractivity contribution is 0.129. The van der Waals surface area contributed by atoms with Crippen molar-refractivity contribution < 1.29 is 0 Å². The van der Waals surface area contributed by atoms with E-state index in [-0.39, 0.29) is 0 Å². The molecule has 2 rings (SSSR count). The third-order valence-corrected chi connectivity index (χ3v) is 4.44. The maximum absolute atomic E-state index is 3.69. The van der Waals surface area contributed by atoms with Crippen molar-refractivity contribution in [2.45, 2.75) is 83.3 Å². The molecule has 0 atom stereocenters. The van der Waals surface area contributed by atoms with Crippen LogP contribution in [0.3, 0.4) is 0 Å². The SMILES string of the molecule is CC(C)NC1CCN(C2CCCCCC2)CC1. The Morgan fingerprint density at radius 2 is 1.47 bits per heavy atom. The van der Waals surface area contributed by atoms with Gasteiger partial charge in [0, 0.05) is 18.1 Å². The molecule has 0 radical (unpaired) electrons. The molecule has 1 N–H and O–H groups in total. The number of rotatable bonds is 3. The molecule has 1 saturated heterocycles. The zero-order chi connectivity index (χ0) is 12.1. The van der Waals surface area contributed by atoms with Crippen molar-refractivity contribution >= 4 is 0 Å². The second kappa shape index (κ2) is 6.75. The van der Waals surface area contributed by atoms with Crippen molar-refractivity contribution in [3.05, 3.63) is 0 Å². The second-order valence-electron chi connectivity index (χ2n) is 6.28. The second-order valence-corrected chi connectivity index (χ2v) is 6.28. The quantitative estimate of drug-likeness (QED) is 0.760. The van der Waals surface area contributed by atoms with E-state index in [1.807, 2.05) is 0 Å². The van der Waals surface area contributed by atoms with Crippen LogP contribution in [0, 0.1) is 0 Å². The molecule has 1 heterocycles. The highest BCUT2D eigenvalue weighted by molar-refractivity contribution is 4.83. The summed E-state index contributed by atoms with van der Waals surface area (Å²) in [5.74, 6) is 0. The van der Waals surface area contributed by atoms with Gasteiger partial charge in [0.2, 0.25) is 0 Å². The molecule has 0 spiro atoms. The van der Waals surface area contributed by atoms with E-state index in [1.165, 1.54) is 64.5 Å². The summed E-state index contributed by atoms with van der Waals surface area (Å²) in [5, 5.41) is 3.69. The predicted molar refractivity (Wildman–Crippen MR) is 74.4 cm³/mol. The minimum Gasteiger partial charge on any atom is -0.312 e. The van der Waals surface area contributed by atoms with Gasteiger partial charge >= 0.3 is 0 Å². The molecule has 1 saturated carbocycles. The summed E-state index contributed by atoms with van der Waals surface area (Å²) in [4.78, 5) is 2.78. The van der Waals surface area contributed by atoms with Gasteiger partial charge in [0.25, 0.3) is 0 Å². The lowest BCUT2D eigenvalue weighted by atomic mass is 9.99. The van der Waals surface area contributed by atoms with E-state index < -0.39 is 0 Å². The van der Waals surface area contributed by atoms with Gasteiger partial charge in [-0.1, -0.05) is 39.5 Å². The highest BCUT2D eigenvalue weighted by Gasteiger charge is 2.25. The first-order chi connectivity index (χ1) is 8.25. The summed E-state index contributed by atoms with van der Waals surface area (Å²) < 4.78 is 0. The fourth-order valence-corrected chi connectivity index (χ4v) is 3.53. The molecule has 0 bridgehead atoms. The first-order valence-corrected chi connectivity index (χ1v) is 7.76. The molecule has 2 nitrogen and oxygen atoms in total. The van der Waals surface area contributed by atoms with Gasteiger partial charge in [0.15, 0.2) is 0 Å². The van der Waals surface area contributed by atoms with E-state index in [9.17, 15) is 0 Å². The van der Waals surface area contributed by atoms with Crippen LogP contribution in [0.1, 0.15) is 65.2 Å². The number of likely N-dealkylation sites (tertiary alicyclic amines) is 1. The van der Waals surface area contributed by atoms with Gasteiger partial charge in [-0.25, -0.2) is 0 Å². The zero-order valence-corrected chi connectivity index (χ0v) is 11.8. The first kappa shape index (κ1) is 13.4. The molecular formula is C15H30N2. The van der Waals surface area contributed by atoms with Gasteiger partial charge in [-0.05, 0) is 38.8 Å². The third-order valence-electron chi connectivity index (χ3n) is 4.44. The van der Waals surface area contributed by atoms with E-state index in [2.05, 4.69) is 24.1 Å². The lowest BCUT2D eigenvalue weighted by Gasteiger charge is -2.38. The van der Waals surface area contributed by atoms with Gasteiger partial charge in [0.1, 0.15) is 0 Å². The average molecular weight is 238 g/mol. The number of nitrogens with one attached hydrogen (secondary N) is 1. The Labute approximate surface area is 107 Å². The first-order valence-electron chi connectivity index (χ1n) is 7.76. The van der Waals surface area contributed by atoms with Crippen LogP contribution in [0.25, 0.3) is 0 Å². The molecular weight excluding hydrogens is 208 g/mol. The Morgan fingerprint density at radius 1 is 0.882 bits per heavy atom. The van der Waals surface area contributed by atoms with Crippen molar-refractivity contribution in [3.63, 3.8) is 0 Å². The van der Waals surface area contributed by atoms with Gasteiger partial charge in [-0.15, -0.1) is 0 Å². The molecule has 0 aromatic rings. The van der Waals surface area contributed by atoms with E-state index >= 15 is 0 Å². The molecule has 2 aliphatic rings. The van der Waals surface area contributed by atoms with E-state index in [0.29, 0.717) is 6.04 Å². The standard InChI is InChI=1S/C15H30N2/c1-13(2)16-14-9-11-17(12-10-14)15-7-5-3-4-6-8-15/h13-16H,3-12H2,1-2H3. The fraction of sp³-hybridized carbons (Fsp3) is 1.00. The topological polar surface area (TPSA) is 15.3 Å². The van der Waals surface area contributed by atoms with Gasteiger partial charge in [0.05, 0.1) is 0 Å². The number of piperidine rings is 1. The Bertz CT molecular complexity index is 199. The van der Waals surface area contributed by atoms with E-state index in [4.69, 9.17) is 0 Å². The largest absolute Gasteiger partial charge is 0.312 e. The van der Waals surface area contributed by atoms with Crippen LogP contribution in [-0.2, 0) is 0 Å². The molecule has 0 amide bonds. The van der Waals surface area contributed by atoms with Crippen molar-refractivity contribution in [2.75, 3.05) is 13.1 Å². The summed E-state index contributed by atoms with van der Waals surface area (Å²) in [6.07, 6.45) is 11.5. The maximum atomic E-state index is 3.69. The Morgan fingerprint density at radius 3 is 2.00 bits per heavy atom. The van der Waals surface area contributed by atoms with E-state index in [0.717, 1.165) is 12.1 Å². The summed E-state index contributed by atoms with van der Waals surface area (Å²) in [6.45, 7) is 7.18. The summed E-state index contributed by atoms with van der Waals surface area (Å²) in [5.41, 5.74) is 0. The molecule has 1 aliphatic carbocycles. The lowest BCUT2D eigenvalue weighted by Crippen LogP contribution is -2.47. The Hall–Kier alpha value is -0.0800. The van der Waals surface area contributed by atoms with Crippen LogP contribution >= 0.6 is 0 Å². The fourth-order valence-electron chi connectivity index (χ4n) is 3.53. The van der Waals surface area contributed by atoms with Gasteiger partial charge < -0.3 is 10.2 Å². The maximum Gasteiger partial charge on any atom is 0.00952 e. The van der Waals surface area contributed by atoms with Crippen molar-refractivity contribution in [1.29, 1.82) is 0 Å². The molecule has 0 aromatic carbocycles. The molecule has 0 aromatic heterocycles. The van der Waals surface area contributed by atoms with Crippen LogP contribution < -0.4 is 5.32 Å². The number of hydrogen-bond acceptors (Lipinski definition) is 2. The minimum absolute atomic E-state index is 0.643. The summed E-state index contributed by atoms with van der Waals surface area (Å²) >= 11 is 0. The molecule has 2 fully saturated rings. The number of nitrogens with zero attached hydrogens (tertiary/aromatic N) is 1. The molecule has 0 unspecified atom stereocenters. The molecule has 2 heteroatoms. The normalized spacial score (nSPS) is 26.3. The smallest absolute Gasteiger partial charge is 0.00952 e. The number of hydrogen-bond donors (Lipinski definition) is 1. The predicted octanol–water partition coefficient (Wildman–Crippen LogP) is 3.17. The van der Waals surface area contributed by atoms with E-state index in [1.54, 1.807) is 0 Å². The molecule has 17 heavy (non-hydrogen) atoms. The Balaban J connectivity index is 1.73. The highest BCUT2D eigenvalue weighted by atomic mass is 15.2. The van der Waals surface area contributed by atoms with Crippen LogP contribution in [0.5, 0.6) is 0 Å². The minimum atomic E-state index is 0.643. The van der Waals surface area contributed by atoms with Crippen LogP contribution in [0.4, 0.5) is 0 Å².